The van der Waals surface area contributed by atoms with Gasteiger partial charge in [0.15, 0.2) is 0 Å². The maximum Gasteiger partial charge on any atom is 0.266 e. The van der Waals surface area contributed by atoms with Crippen LogP contribution < -0.4 is 9.44 Å². The fourth-order valence-electron chi connectivity index (χ4n) is 1.88. The van der Waals surface area contributed by atoms with E-state index in [4.69, 9.17) is 28.3 Å². The third kappa shape index (κ3) is 5.00. The molecule has 2 rings (SSSR count). The second-order valence-electron chi connectivity index (χ2n) is 4.70. The molecule has 0 heterocycles. The summed E-state index contributed by atoms with van der Waals surface area (Å²) in [4.78, 5) is -0.631. The van der Waals surface area contributed by atoms with Crippen molar-refractivity contribution in [3.63, 3.8) is 0 Å². The van der Waals surface area contributed by atoms with Crippen molar-refractivity contribution in [3.05, 3.63) is 64.0 Å². The first-order valence-electron chi connectivity index (χ1n) is 6.45. The highest BCUT2D eigenvalue weighted by Gasteiger charge is 2.21. The Labute approximate surface area is 156 Å². The summed E-state index contributed by atoms with van der Waals surface area (Å²) in [6, 6.07) is 7.26. The first-order valence-corrected chi connectivity index (χ1v) is 9.82. The third-order valence-electron chi connectivity index (χ3n) is 2.98. The molecule has 1 unspecified atom stereocenters. The van der Waals surface area contributed by atoms with Gasteiger partial charge in [0.25, 0.3) is 11.3 Å². The fraction of sp³-hybridized carbons (Fsp3) is 0. The van der Waals surface area contributed by atoms with E-state index in [0.717, 1.165) is 18.3 Å². The van der Waals surface area contributed by atoms with Crippen LogP contribution in [0.15, 0.2) is 47.5 Å². The number of nitrogens with two attached hydrogens (primary N) is 1. The summed E-state index contributed by atoms with van der Waals surface area (Å²) in [7, 11) is -4.33. The average molecular weight is 425 g/mol. The molecule has 2 aromatic rings. The molecule has 6 nitrogen and oxygen atoms in total. The average Bonchev–Trinajstić information content (AvgIpc) is 2.50. The summed E-state index contributed by atoms with van der Waals surface area (Å²) in [6.45, 7) is 0. The van der Waals surface area contributed by atoms with E-state index >= 15 is 0 Å². The van der Waals surface area contributed by atoms with Crippen LogP contribution in [0.25, 0.3) is 6.08 Å². The lowest BCUT2D eigenvalue weighted by molar-refractivity contribution is 0.563. The van der Waals surface area contributed by atoms with E-state index in [9.17, 15) is 21.6 Å². The molecule has 134 valence electrons. The van der Waals surface area contributed by atoms with E-state index in [-0.39, 0.29) is 10.7 Å². The van der Waals surface area contributed by atoms with Crippen LogP contribution >= 0.6 is 23.2 Å². The number of halogens is 3. The molecule has 1 atom stereocenters. The number of benzene rings is 2. The summed E-state index contributed by atoms with van der Waals surface area (Å²) in [6.07, 6.45) is 2.53. The Hall–Kier alpha value is -1.49. The van der Waals surface area contributed by atoms with Gasteiger partial charge < -0.3 is 0 Å². The minimum absolute atomic E-state index is 0.263. The van der Waals surface area contributed by atoms with Crippen LogP contribution in [0, 0.1) is 5.82 Å². The highest BCUT2D eigenvalue weighted by molar-refractivity contribution is 7.89. The highest BCUT2D eigenvalue weighted by Crippen LogP contribution is 2.28. The van der Waals surface area contributed by atoms with Crippen molar-refractivity contribution >= 4 is 56.3 Å². The molecule has 0 aromatic heterocycles. The van der Waals surface area contributed by atoms with Crippen molar-refractivity contribution in [1.29, 1.82) is 0 Å². The van der Waals surface area contributed by atoms with Crippen LogP contribution in [0.4, 0.5) is 10.1 Å². The molecule has 0 bridgehead atoms. The molecule has 0 radical (unpaired) electrons. The SMILES string of the molecule is NS(=O)(=O)c1cc(F)ccc1N(C=Cc1ccc(Cl)c(Cl)c1)S(=O)O. The van der Waals surface area contributed by atoms with E-state index in [1.165, 1.54) is 18.2 Å². The van der Waals surface area contributed by atoms with Crippen molar-refractivity contribution in [2.45, 2.75) is 4.90 Å². The molecule has 0 spiro atoms. The summed E-state index contributed by atoms with van der Waals surface area (Å²) < 4.78 is 58.4. The number of rotatable bonds is 5. The summed E-state index contributed by atoms with van der Waals surface area (Å²) in [5.74, 6) is -0.857. The van der Waals surface area contributed by atoms with E-state index in [0.29, 0.717) is 21.0 Å². The van der Waals surface area contributed by atoms with Gasteiger partial charge in [0, 0.05) is 6.20 Å². The van der Waals surface area contributed by atoms with Gasteiger partial charge in [-0.05, 0) is 42.0 Å². The van der Waals surface area contributed by atoms with Gasteiger partial charge in [0.2, 0.25) is 10.0 Å². The first-order chi connectivity index (χ1) is 11.6. The van der Waals surface area contributed by atoms with E-state index in [1.807, 2.05) is 0 Å². The molecular formula is C14H11Cl2FN2O4S2. The van der Waals surface area contributed by atoms with Crippen LogP contribution in [0.5, 0.6) is 0 Å². The molecule has 11 heteroatoms. The molecule has 0 aliphatic heterocycles. The van der Waals surface area contributed by atoms with Crippen molar-refractivity contribution in [3.8, 4) is 0 Å². The maximum atomic E-state index is 13.4. The molecule has 0 amide bonds. The van der Waals surface area contributed by atoms with Crippen molar-refractivity contribution < 1.29 is 21.6 Å². The topological polar surface area (TPSA) is 101 Å². The number of hydrogen-bond acceptors (Lipinski definition) is 3. The Balaban J connectivity index is 2.51. The zero-order valence-electron chi connectivity index (χ0n) is 12.3. The van der Waals surface area contributed by atoms with Crippen LogP contribution in [0.3, 0.4) is 0 Å². The number of nitrogens with zero attached hydrogens (tertiary/aromatic N) is 1. The molecule has 0 aliphatic rings. The Morgan fingerprint density at radius 1 is 1.16 bits per heavy atom. The molecule has 0 saturated heterocycles. The van der Waals surface area contributed by atoms with Gasteiger partial charge in [-0.2, -0.15) is 0 Å². The zero-order valence-corrected chi connectivity index (χ0v) is 15.4. The summed E-state index contributed by atoms with van der Waals surface area (Å²) in [5, 5.41) is 5.65. The fourth-order valence-corrected chi connectivity index (χ4v) is 3.48. The van der Waals surface area contributed by atoms with Crippen LogP contribution in [-0.4, -0.2) is 17.2 Å². The predicted molar refractivity (Wildman–Crippen MR) is 96.5 cm³/mol. The van der Waals surface area contributed by atoms with Gasteiger partial charge in [-0.3, -0.25) is 4.55 Å². The third-order valence-corrected chi connectivity index (χ3v) is 5.31. The second-order valence-corrected chi connectivity index (χ2v) is 7.90. The van der Waals surface area contributed by atoms with Crippen LogP contribution in [0.1, 0.15) is 5.56 Å². The Kier molecular flexibility index (Phi) is 6.20. The lowest BCUT2D eigenvalue weighted by Gasteiger charge is -2.18. The van der Waals surface area contributed by atoms with Gasteiger partial charge in [-0.1, -0.05) is 29.3 Å². The van der Waals surface area contributed by atoms with E-state index < -0.39 is 32.0 Å². The van der Waals surface area contributed by atoms with Gasteiger partial charge in [-0.15, -0.1) is 0 Å². The number of primary sulfonamides is 1. The Morgan fingerprint density at radius 2 is 1.84 bits per heavy atom. The lowest BCUT2D eigenvalue weighted by Crippen LogP contribution is -2.23. The maximum absolute atomic E-state index is 13.4. The number of anilines is 1. The van der Waals surface area contributed by atoms with Gasteiger partial charge in [0.1, 0.15) is 10.7 Å². The number of sulfonamides is 1. The van der Waals surface area contributed by atoms with Gasteiger partial charge in [0.05, 0.1) is 15.7 Å². The number of hydrogen-bond donors (Lipinski definition) is 2. The van der Waals surface area contributed by atoms with Gasteiger partial charge in [-0.25, -0.2) is 26.5 Å². The quantitative estimate of drug-likeness (QED) is 0.718. The van der Waals surface area contributed by atoms with Crippen LogP contribution in [-0.2, 0) is 21.3 Å². The zero-order chi connectivity index (χ0) is 18.8. The standard InChI is InChI=1S/C14H11Cl2FN2O4S2/c15-11-3-1-9(7-12(11)16)5-6-19(24(20)21)13-4-2-10(17)8-14(13)25(18,22)23/h1-8H,(H,20,21)(H2,18,22,23). The monoisotopic (exact) mass is 424 g/mol. The van der Waals surface area contributed by atoms with Crippen molar-refractivity contribution in [2.24, 2.45) is 5.14 Å². The van der Waals surface area contributed by atoms with Gasteiger partial charge >= 0.3 is 0 Å². The van der Waals surface area contributed by atoms with E-state index in [2.05, 4.69) is 0 Å². The first kappa shape index (κ1) is 19.8. The van der Waals surface area contributed by atoms with Crippen molar-refractivity contribution in [1.82, 2.24) is 0 Å². The lowest BCUT2D eigenvalue weighted by atomic mass is 10.2. The normalized spacial score (nSPS) is 13.2. The molecule has 0 fully saturated rings. The highest BCUT2D eigenvalue weighted by atomic mass is 35.5. The molecule has 25 heavy (non-hydrogen) atoms. The smallest absolute Gasteiger partial charge is 0.266 e. The Bertz CT molecular complexity index is 967. The minimum Gasteiger partial charge on any atom is -0.289 e. The summed E-state index contributed by atoms with van der Waals surface area (Å²) in [5.41, 5.74) is 0.269. The predicted octanol–water partition coefficient (Wildman–Crippen LogP) is 3.39. The minimum atomic E-state index is -4.33. The molecule has 0 saturated carbocycles. The summed E-state index contributed by atoms with van der Waals surface area (Å²) >= 11 is 9.04. The molecule has 3 N–H and O–H groups in total. The van der Waals surface area contributed by atoms with Crippen molar-refractivity contribution in [2.75, 3.05) is 4.31 Å². The Morgan fingerprint density at radius 3 is 2.40 bits per heavy atom. The molecule has 0 aliphatic carbocycles. The van der Waals surface area contributed by atoms with E-state index in [1.54, 1.807) is 6.07 Å². The molecule has 2 aromatic carbocycles. The second kappa shape index (κ2) is 7.81. The molecular weight excluding hydrogens is 414 g/mol. The van der Waals surface area contributed by atoms with Crippen LogP contribution in [0.2, 0.25) is 10.0 Å². The largest absolute Gasteiger partial charge is 0.289 e.